The van der Waals surface area contributed by atoms with Crippen molar-refractivity contribution in [2.45, 2.75) is 13.8 Å². The van der Waals surface area contributed by atoms with Gasteiger partial charge in [0.15, 0.2) is 0 Å². The molecule has 0 radical (unpaired) electrons. The standard InChI is InChI=1S/C12H12O/c1-8(2)10-5-4-9(3)12-11(10)6-7-13-12/h4-7H,1H2,2-3H3. The van der Waals surface area contributed by atoms with Gasteiger partial charge >= 0.3 is 0 Å². The molecule has 0 N–H and O–H groups in total. The summed E-state index contributed by atoms with van der Waals surface area (Å²) in [5.74, 6) is 0. The molecule has 0 saturated carbocycles. The molecule has 0 aliphatic carbocycles. The van der Waals surface area contributed by atoms with Crippen molar-refractivity contribution >= 4 is 16.5 Å². The number of hydrogen-bond donors (Lipinski definition) is 0. The second kappa shape index (κ2) is 2.77. The molecule has 0 spiro atoms. The van der Waals surface area contributed by atoms with Gasteiger partial charge in [-0.25, -0.2) is 0 Å². The van der Waals surface area contributed by atoms with Crippen LogP contribution >= 0.6 is 0 Å². The summed E-state index contributed by atoms with van der Waals surface area (Å²) in [4.78, 5) is 0. The van der Waals surface area contributed by atoms with Crippen molar-refractivity contribution < 1.29 is 4.42 Å². The van der Waals surface area contributed by atoms with Gasteiger partial charge in [-0.2, -0.15) is 0 Å². The fourth-order valence-electron chi connectivity index (χ4n) is 1.57. The third-order valence-corrected chi connectivity index (χ3v) is 2.27. The van der Waals surface area contributed by atoms with E-state index in [0.29, 0.717) is 0 Å². The van der Waals surface area contributed by atoms with E-state index in [0.717, 1.165) is 16.5 Å². The van der Waals surface area contributed by atoms with Gasteiger partial charge in [-0.15, -0.1) is 0 Å². The third-order valence-electron chi connectivity index (χ3n) is 2.27. The lowest BCUT2D eigenvalue weighted by Crippen LogP contribution is -1.81. The summed E-state index contributed by atoms with van der Waals surface area (Å²) in [6.45, 7) is 8.00. The van der Waals surface area contributed by atoms with E-state index in [2.05, 4.69) is 18.7 Å². The minimum absolute atomic E-state index is 0.973. The van der Waals surface area contributed by atoms with Crippen LogP contribution in [0, 0.1) is 6.92 Å². The van der Waals surface area contributed by atoms with E-state index in [1.54, 1.807) is 6.26 Å². The van der Waals surface area contributed by atoms with Crippen LogP contribution in [0.2, 0.25) is 0 Å². The molecule has 2 rings (SSSR count). The molecule has 0 bridgehead atoms. The van der Waals surface area contributed by atoms with Gasteiger partial charge < -0.3 is 4.42 Å². The van der Waals surface area contributed by atoms with Crippen LogP contribution in [-0.4, -0.2) is 0 Å². The average Bonchev–Trinajstić information content (AvgIpc) is 2.53. The Morgan fingerprint density at radius 2 is 2.08 bits per heavy atom. The topological polar surface area (TPSA) is 13.1 Å². The van der Waals surface area contributed by atoms with Crippen LogP contribution in [0.3, 0.4) is 0 Å². The van der Waals surface area contributed by atoms with Crippen molar-refractivity contribution in [3.05, 3.63) is 42.2 Å². The summed E-state index contributed by atoms with van der Waals surface area (Å²) < 4.78 is 5.40. The molecule has 1 heterocycles. The van der Waals surface area contributed by atoms with E-state index < -0.39 is 0 Å². The molecular weight excluding hydrogens is 160 g/mol. The first-order valence-corrected chi connectivity index (χ1v) is 4.33. The van der Waals surface area contributed by atoms with Crippen molar-refractivity contribution in [2.75, 3.05) is 0 Å². The summed E-state index contributed by atoms with van der Waals surface area (Å²) in [5.41, 5.74) is 4.39. The Morgan fingerprint density at radius 1 is 1.31 bits per heavy atom. The van der Waals surface area contributed by atoms with Gasteiger partial charge in [-0.1, -0.05) is 24.3 Å². The largest absolute Gasteiger partial charge is 0.464 e. The fourth-order valence-corrected chi connectivity index (χ4v) is 1.57. The quantitative estimate of drug-likeness (QED) is 0.638. The van der Waals surface area contributed by atoms with Crippen molar-refractivity contribution in [2.24, 2.45) is 0 Å². The Labute approximate surface area is 77.7 Å². The molecule has 0 fully saturated rings. The van der Waals surface area contributed by atoms with Crippen LogP contribution < -0.4 is 0 Å². The number of aryl methyl sites for hydroxylation is 1. The van der Waals surface area contributed by atoms with Crippen molar-refractivity contribution in [1.82, 2.24) is 0 Å². The Kier molecular flexibility index (Phi) is 1.73. The lowest BCUT2D eigenvalue weighted by atomic mass is 10.0. The highest BCUT2D eigenvalue weighted by molar-refractivity contribution is 5.91. The Morgan fingerprint density at radius 3 is 2.77 bits per heavy atom. The molecule has 1 aromatic heterocycles. The zero-order chi connectivity index (χ0) is 9.42. The van der Waals surface area contributed by atoms with Crippen LogP contribution in [0.1, 0.15) is 18.1 Å². The minimum atomic E-state index is 0.973. The lowest BCUT2D eigenvalue weighted by molar-refractivity contribution is 0.613. The van der Waals surface area contributed by atoms with Crippen LogP contribution in [-0.2, 0) is 0 Å². The Hall–Kier alpha value is -1.50. The van der Waals surface area contributed by atoms with E-state index in [1.807, 2.05) is 19.9 Å². The number of benzene rings is 1. The highest BCUT2D eigenvalue weighted by atomic mass is 16.3. The molecule has 1 aromatic carbocycles. The Balaban J connectivity index is 2.86. The third kappa shape index (κ3) is 1.17. The highest BCUT2D eigenvalue weighted by Gasteiger charge is 2.05. The molecule has 0 aliphatic heterocycles. The second-order valence-electron chi connectivity index (χ2n) is 3.37. The van der Waals surface area contributed by atoms with Gasteiger partial charge in [0.1, 0.15) is 5.58 Å². The van der Waals surface area contributed by atoms with E-state index in [9.17, 15) is 0 Å². The monoisotopic (exact) mass is 172 g/mol. The maximum atomic E-state index is 5.40. The summed E-state index contributed by atoms with van der Waals surface area (Å²) in [6, 6.07) is 6.15. The predicted octanol–water partition coefficient (Wildman–Crippen LogP) is 3.77. The van der Waals surface area contributed by atoms with Gasteiger partial charge in [0, 0.05) is 5.39 Å². The van der Waals surface area contributed by atoms with E-state index in [1.165, 1.54) is 11.1 Å². The van der Waals surface area contributed by atoms with E-state index in [-0.39, 0.29) is 0 Å². The maximum absolute atomic E-state index is 5.40. The first kappa shape index (κ1) is 8.11. The summed E-state index contributed by atoms with van der Waals surface area (Å²) in [5, 5.41) is 1.16. The molecule has 0 atom stereocenters. The summed E-state index contributed by atoms with van der Waals surface area (Å²) >= 11 is 0. The molecule has 66 valence electrons. The van der Waals surface area contributed by atoms with Crippen molar-refractivity contribution in [3.8, 4) is 0 Å². The second-order valence-corrected chi connectivity index (χ2v) is 3.37. The zero-order valence-electron chi connectivity index (χ0n) is 7.92. The van der Waals surface area contributed by atoms with Crippen molar-refractivity contribution in [1.29, 1.82) is 0 Å². The number of furan rings is 1. The van der Waals surface area contributed by atoms with Crippen LogP contribution in [0.25, 0.3) is 16.5 Å². The number of rotatable bonds is 1. The van der Waals surface area contributed by atoms with Gasteiger partial charge in [0.05, 0.1) is 6.26 Å². The highest BCUT2D eigenvalue weighted by Crippen LogP contribution is 2.27. The number of hydrogen-bond acceptors (Lipinski definition) is 1. The van der Waals surface area contributed by atoms with E-state index >= 15 is 0 Å². The van der Waals surface area contributed by atoms with Crippen LogP contribution in [0.15, 0.2) is 35.5 Å². The minimum Gasteiger partial charge on any atom is -0.464 e. The lowest BCUT2D eigenvalue weighted by Gasteiger charge is -2.02. The zero-order valence-corrected chi connectivity index (χ0v) is 7.92. The summed E-state index contributed by atoms with van der Waals surface area (Å²) in [6.07, 6.45) is 1.73. The molecule has 0 amide bonds. The predicted molar refractivity (Wildman–Crippen MR) is 55.7 cm³/mol. The van der Waals surface area contributed by atoms with Gasteiger partial charge in [0.2, 0.25) is 0 Å². The SMILES string of the molecule is C=C(C)c1ccc(C)c2occc12. The molecular formula is C12H12O. The molecule has 1 heteroatoms. The maximum Gasteiger partial charge on any atom is 0.137 e. The number of fused-ring (bicyclic) bond motifs is 1. The summed E-state index contributed by atoms with van der Waals surface area (Å²) in [7, 11) is 0. The van der Waals surface area contributed by atoms with Gasteiger partial charge in [-0.3, -0.25) is 0 Å². The smallest absolute Gasteiger partial charge is 0.137 e. The van der Waals surface area contributed by atoms with Gasteiger partial charge in [-0.05, 0) is 31.0 Å². The van der Waals surface area contributed by atoms with E-state index in [4.69, 9.17) is 4.42 Å². The molecule has 13 heavy (non-hydrogen) atoms. The molecule has 2 aromatic rings. The molecule has 0 aliphatic rings. The van der Waals surface area contributed by atoms with Crippen molar-refractivity contribution in [3.63, 3.8) is 0 Å². The molecule has 0 unspecified atom stereocenters. The Bertz CT molecular complexity index is 463. The first-order valence-electron chi connectivity index (χ1n) is 4.33. The molecule has 0 saturated heterocycles. The molecule has 1 nitrogen and oxygen atoms in total. The first-order chi connectivity index (χ1) is 6.20. The van der Waals surface area contributed by atoms with Crippen LogP contribution in [0.4, 0.5) is 0 Å². The normalized spacial score (nSPS) is 10.6. The average molecular weight is 172 g/mol. The van der Waals surface area contributed by atoms with Crippen LogP contribution in [0.5, 0.6) is 0 Å². The number of allylic oxidation sites excluding steroid dienone is 1. The van der Waals surface area contributed by atoms with Gasteiger partial charge in [0.25, 0.3) is 0 Å². The fraction of sp³-hybridized carbons (Fsp3) is 0.167.